The molecule has 172 valence electrons. The number of carbonyl (C=O) groups excluding carboxylic acids is 1. The number of nitrogens with zero attached hydrogens (tertiary/aromatic N) is 3. The molecule has 2 aromatic rings. The van der Waals surface area contributed by atoms with Crippen LogP contribution in [-0.2, 0) is 18.9 Å². The Morgan fingerprint density at radius 2 is 1.76 bits per heavy atom. The van der Waals surface area contributed by atoms with Crippen LogP contribution in [0.25, 0.3) is 0 Å². The van der Waals surface area contributed by atoms with E-state index >= 15 is 0 Å². The number of ether oxygens (including phenoxy) is 2. The Morgan fingerprint density at radius 1 is 1.09 bits per heavy atom. The predicted molar refractivity (Wildman–Crippen MR) is 117 cm³/mol. The molecule has 1 aromatic heterocycles. The summed E-state index contributed by atoms with van der Waals surface area (Å²) < 4.78 is 13.0. The van der Waals surface area contributed by atoms with E-state index in [1.807, 2.05) is 13.8 Å². The molecule has 33 heavy (non-hydrogen) atoms. The first-order valence-corrected chi connectivity index (χ1v) is 10.4. The van der Waals surface area contributed by atoms with E-state index in [2.05, 4.69) is 5.32 Å². The molecule has 5 rings (SSSR count). The number of Topliss-reactive ketones (excluding diaryl/α,β-unsaturated/α-hetero) is 1. The van der Waals surface area contributed by atoms with Crippen molar-refractivity contribution < 1.29 is 19.2 Å². The highest BCUT2D eigenvalue weighted by Crippen LogP contribution is 2.51. The van der Waals surface area contributed by atoms with Gasteiger partial charge < -0.3 is 14.8 Å². The SMILES string of the molecule is Cn1c2c(c(=O)n(C)c1=O)C(c1cc3c(cc1[N+](=O)[O-])OCO3)C1=C(CC(C)(C)CC1=O)N2. The van der Waals surface area contributed by atoms with E-state index in [4.69, 9.17) is 9.47 Å². The van der Waals surface area contributed by atoms with E-state index in [-0.39, 0.29) is 52.8 Å². The predicted octanol–water partition coefficient (Wildman–Crippen LogP) is 1.92. The fraction of sp³-hybridized carbons (Fsp3) is 0.409. The van der Waals surface area contributed by atoms with Gasteiger partial charge in [0.15, 0.2) is 17.3 Å². The van der Waals surface area contributed by atoms with Crippen LogP contribution in [0.15, 0.2) is 33.0 Å². The standard InChI is InChI=1S/C22H22N4O7/c1-22(2)7-11-17(13(27)8-22)16(18-19(23-11)24(3)21(29)25(4)20(18)28)10-5-14-15(33-9-32-14)6-12(10)26(30)31/h5-6,16,23H,7-9H2,1-4H3. The third kappa shape index (κ3) is 2.99. The van der Waals surface area contributed by atoms with Gasteiger partial charge in [-0.3, -0.25) is 28.8 Å². The molecule has 1 atom stereocenters. The molecule has 0 saturated heterocycles. The number of nitro groups is 1. The number of rotatable bonds is 2. The van der Waals surface area contributed by atoms with E-state index in [9.17, 15) is 24.5 Å². The minimum atomic E-state index is -1.04. The van der Waals surface area contributed by atoms with E-state index in [1.54, 1.807) is 0 Å². The molecular weight excluding hydrogens is 432 g/mol. The van der Waals surface area contributed by atoms with Crippen LogP contribution in [0.4, 0.5) is 11.5 Å². The first-order valence-electron chi connectivity index (χ1n) is 10.4. The number of nitrogens with one attached hydrogen (secondary N) is 1. The van der Waals surface area contributed by atoms with Crippen LogP contribution < -0.4 is 26.0 Å². The van der Waals surface area contributed by atoms with E-state index in [0.717, 1.165) is 4.57 Å². The fourth-order valence-electron chi connectivity index (χ4n) is 5.00. The molecule has 1 aromatic carbocycles. The van der Waals surface area contributed by atoms with Crippen molar-refractivity contribution in [2.75, 3.05) is 12.1 Å². The summed E-state index contributed by atoms with van der Waals surface area (Å²) >= 11 is 0. The van der Waals surface area contributed by atoms with Crippen molar-refractivity contribution in [3.63, 3.8) is 0 Å². The van der Waals surface area contributed by atoms with Crippen molar-refractivity contribution >= 4 is 17.3 Å². The van der Waals surface area contributed by atoms with Crippen molar-refractivity contribution in [3.8, 4) is 11.5 Å². The Kier molecular flexibility index (Phi) is 4.33. The van der Waals surface area contributed by atoms with Gasteiger partial charge in [0.1, 0.15) is 5.82 Å². The molecule has 1 N–H and O–H groups in total. The van der Waals surface area contributed by atoms with Crippen LogP contribution in [0.2, 0.25) is 0 Å². The largest absolute Gasteiger partial charge is 0.454 e. The summed E-state index contributed by atoms with van der Waals surface area (Å²) in [5.74, 6) is -0.502. The zero-order valence-electron chi connectivity index (χ0n) is 18.6. The molecule has 1 aliphatic carbocycles. The molecule has 3 aliphatic rings. The second-order valence-electron chi connectivity index (χ2n) is 9.38. The molecule has 11 heteroatoms. The third-order valence-electron chi connectivity index (χ3n) is 6.50. The topological polar surface area (TPSA) is 135 Å². The second kappa shape index (κ2) is 6.80. The molecule has 2 aliphatic heterocycles. The van der Waals surface area contributed by atoms with Gasteiger partial charge in [-0.15, -0.1) is 0 Å². The van der Waals surface area contributed by atoms with Gasteiger partial charge in [-0.25, -0.2) is 4.79 Å². The lowest BCUT2D eigenvalue weighted by Crippen LogP contribution is -2.45. The van der Waals surface area contributed by atoms with Crippen LogP contribution in [0.5, 0.6) is 11.5 Å². The minimum Gasteiger partial charge on any atom is -0.454 e. The maximum atomic E-state index is 13.4. The number of fused-ring (bicyclic) bond motifs is 2. The third-order valence-corrected chi connectivity index (χ3v) is 6.50. The average molecular weight is 454 g/mol. The van der Waals surface area contributed by atoms with Crippen molar-refractivity contribution in [3.05, 3.63) is 65.5 Å². The van der Waals surface area contributed by atoms with Gasteiger partial charge in [0.2, 0.25) is 6.79 Å². The molecule has 0 bridgehead atoms. The highest BCUT2D eigenvalue weighted by Gasteiger charge is 2.45. The lowest BCUT2D eigenvalue weighted by molar-refractivity contribution is -0.385. The van der Waals surface area contributed by atoms with Crippen LogP contribution in [0.3, 0.4) is 0 Å². The molecule has 11 nitrogen and oxygen atoms in total. The number of ketones is 1. The maximum absolute atomic E-state index is 13.4. The number of hydrogen-bond acceptors (Lipinski definition) is 8. The van der Waals surface area contributed by atoms with Crippen LogP contribution in [-0.4, -0.2) is 26.6 Å². The fourth-order valence-corrected chi connectivity index (χ4v) is 5.00. The summed E-state index contributed by atoms with van der Waals surface area (Å²) in [6, 6.07) is 2.71. The molecule has 3 heterocycles. The van der Waals surface area contributed by atoms with Crippen molar-refractivity contribution in [2.45, 2.75) is 32.6 Å². The van der Waals surface area contributed by atoms with Gasteiger partial charge in [-0.2, -0.15) is 0 Å². The summed E-state index contributed by atoms with van der Waals surface area (Å²) in [5, 5.41) is 15.2. The summed E-state index contributed by atoms with van der Waals surface area (Å²) in [6.45, 7) is 3.82. The zero-order valence-corrected chi connectivity index (χ0v) is 18.6. The number of aromatic nitrogens is 2. The molecule has 0 amide bonds. The normalized spacial score (nSPS) is 20.2. The summed E-state index contributed by atoms with van der Waals surface area (Å²) in [7, 11) is 2.85. The first-order chi connectivity index (χ1) is 15.5. The number of benzene rings is 1. The summed E-state index contributed by atoms with van der Waals surface area (Å²) in [4.78, 5) is 50.9. The minimum absolute atomic E-state index is 0.0872. The number of anilines is 1. The van der Waals surface area contributed by atoms with Gasteiger partial charge in [-0.05, 0) is 17.9 Å². The van der Waals surface area contributed by atoms with Crippen LogP contribution in [0.1, 0.15) is 43.7 Å². The van der Waals surface area contributed by atoms with E-state index in [0.29, 0.717) is 23.4 Å². The average Bonchev–Trinajstić information content (AvgIpc) is 3.20. The Morgan fingerprint density at radius 3 is 2.42 bits per heavy atom. The monoisotopic (exact) mass is 454 g/mol. The second-order valence-corrected chi connectivity index (χ2v) is 9.38. The Bertz CT molecular complexity index is 1410. The van der Waals surface area contributed by atoms with Gasteiger partial charge in [0.05, 0.1) is 22.5 Å². The van der Waals surface area contributed by atoms with Crippen molar-refractivity contribution in [1.29, 1.82) is 0 Å². The first kappa shape index (κ1) is 21.0. The van der Waals surface area contributed by atoms with Gasteiger partial charge in [0, 0.05) is 37.3 Å². The lowest BCUT2D eigenvalue weighted by Gasteiger charge is -2.39. The highest BCUT2D eigenvalue weighted by atomic mass is 16.7. The maximum Gasteiger partial charge on any atom is 0.332 e. The molecule has 1 unspecified atom stereocenters. The molecule has 0 spiro atoms. The summed E-state index contributed by atoms with van der Waals surface area (Å²) in [5.41, 5.74) is -0.709. The Hall–Kier alpha value is -3.89. The van der Waals surface area contributed by atoms with Crippen molar-refractivity contribution in [2.24, 2.45) is 19.5 Å². The van der Waals surface area contributed by atoms with Crippen LogP contribution >= 0.6 is 0 Å². The smallest absolute Gasteiger partial charge is 0.332 e. The molecule has 0 fully saturated rings. The number of hydrogen-bond donors (Lipinski definition) is 1. The lowest BCUT2D eigenvalue weighted by atomic mass is 9.69. The van der Waals surface area contributed by atoms with Gasteiger partial charge in [0.25, 0.3) is 11.2 Å². The number of nitro benzene ring substituents is 1. The highest BCUT2D eigenvalue weighted by molar-refractivity contribution is 6.01. The van der Waals surface area contributed by atoms with E-state index in [1.165, 1.54) is 30.8 Å². The number of allylic oxidation sites excluding steroid dienone is 2. The zero-order chi connectivity index (χ0) is 23.8. The van der Waals surface area contributed by atoms with Crippen LogP contribution in [0, 0.1) is 15.5 Å². The molecule has 0 saturated carbocycles. The van der Waals surface area contributed by atoms with Gasteiger partial charge >= 0.3 is 5.69 Å². The van der Waals surface area contributed by atoms with Crippen molar-refractivity contribution in [1.82, 2.24) is 9.13 Å². The van der Waals surface area contributed by atoms with E-state index < -0.39 is 22.1 Å². The van der Waals surface area contributed by atoms with Gasteiger partial charge in [-0.1, -0.05) is 13.8 Å². The molecular formula is C22H22N4O7. The Balaban J connectivity index is 1.89. The quantitative estimate of drug-likeness (QED) is 0.537. The number of carbonyl (C=O) groups is 1. The molecule has 0 radical (unpaired) electrons. The summed E-state index contributed by atoms with van der Waals surface area (Å²) in [6.07, 6.45) is 0.704. The Labute approximate surface area is 187 Å².